The number of rotatable bonds is 7. The van der Waals surface area contributed by atoms with Crippen molar-refractivity contribution in [3.63, 3.8) is 0 Å². The summed E-state index contributed by atoms with van der Waals surface area (Å²) < 4.78 is 18.1. The van der Waals surface area contributed by atoms with Crippen molar-refractivity contribution in [3.8, 4) is 0 Å². The Morgan fingerprint density at radius 1 is 1.33 bits per heavy atom. The van der Waals surface area contributed by atoms with Crippen molar-refractivity contribution >= 4 is 24.5 Å². The molecule has 1 aliphatic rings. The summed E-state index contributed by atoms with van der Waals surface area (Å²) >= 11 is 0. The van der Waals surface area contributed by atoms with E-state index in [1.807, 2.05) is 0 Å². The summed E-state index contributed by atoms with van der Waals surface area (Å²) in [5.74, 6) is -1.17. The van der Waals surface area contributed by atoms with Gasteiger partial charge >= 0.3 is 0 Å². The van der Waals surface area contributed by atoms with E-state index in [0.29, 0.717) is 37.8 Å². The van der Waals surface area contributed by atoms with Gasteiger partial charge in [0.2, 0.25) is 24.5 Å². The smallest absolute Gasteiger partial charge is 0.215 e. The predicted molar refractivity (Wildman–Crippen MR) is 82.6 cm³/mol. The van der Waals surface area contributed by atoms with Crippen LogP contribution in [-0.2, 0) is 14.3 Å². The molecule has 0 spiro atoms. The Morgan fingerprint density at radius 3 is 2.62 bits per heavy atom. The third-order valence-corrected chi connectivity index (χ3v) is 3.46. The molecule has 8 heteroatoms. The number of amides is 2. The van der Waals surface area contributed by atoms with E-state index in [0.717, 1.165) is 17.0 Å². The zero-order valence-electron chi connectivity index (χ0n) is 12.7. The minimum Gasteiger partial charge on any atom is -0.478 e. The van der Waals surface area contributed by atoms with Crippen molar-refractivity contribution in [2.45, 2.75) is 19.0 Å². The number of carbonyl (C=O) groups excluding carboxylic acids is 3. The molecular weight excluding hydrogens is 317 g/mol. The average molecular weight is 333 g/mol. The fourth-order valence-electron chi connectivity index (χ4n) is 2.25. The summed E-state index contributed by atoms with van der Waals surface area (Å²) in [5.41, 5.74) is 0.578. The maximum Gasteiger partial charge on any atom is 0.215 e. The number of hydrogen-bond acceptors (Lipinski definition) is 5. The SMILES string of the molecule is N=C1OCCC/C1=C/N(C=O)C(NC=O)C(=O)c1ccc(F)cc1. The van der Waals surface area contributed by atoms with E-state index in [4.69, 9.17) is 10.1 Å². The molecule has 2 rings (SSSR count). The third kappa shape index (κ3) is 4.03. The van der Waals surface area contributed by atoms with Crippen LogP contribution < -0.4 is 5.32 Å². The number of nitrogens with one attached hydrogen (secondary N) is 2. The first-order valence-electron chi connectivity index (χ1n) is 7.21. The molecule has 0 saturated carbocycles. The van der Waals surface area contributed by atoms with Gasteiger partial charge < -0.3 is 10.1 Å². The highest BCUT2D eigenvalue weighted by Crippen LogP contribution is 2.16. The summed E-state index contributed by atoms with van der Waals surface area (Å²) in [5, 5.41) is 9.97. The summed E-state index contributed by atoms with van der Waals surface area (Å²) in [6.45, 7) is 0.418. The van der Waals surface area contributed by atoms with Gasteiger partial charge in [0.05, 0.1) is 6.61 Å². The van der Waals surface area contributed by atoms with Crippen molar-refractivity contribution in [1.29, 1.82) is 5.41 Å². The van der Waals surface area contributed by atoms with E-state index < -0.39 is 17.8 Å². The Balaban J connectivity index is 2.29. The van der Waals surface area contributed by atoms with Gasteiger partial charge in [-0.3, -0.25) is 24.7 Å². The minimum atomic E-state index is -1.30. The molecule has 2 amide bonds. The van der Waals surface area contributed by atoms with E-state index >= 15 is 0 Å². The van der Waals surface area contributed by atoms with Crippen LogP contribution >= 0.6 is 0 Å². The lowest BCUT2D eigenvalue weighted by molar-refractivity contribution is -0.118. The summed E-state index contributed by atoms with van der Waals surface area (Å²) in [6, 6.07) is 4.75. The molecule has 1 aromatic rings. The molecule has 126 valence electrons. The van der Waals surface area contributed by atoms with Crippen LogP contribution in [0.4, 0.5) is 4.39 Å². The van der Waals surface area contributed by atoms with Crippen LogP contribution in [0, 0.1) is 11.2 Å². The van der Waals surface area contributed by atoms with Gasteiger partial charge in [0.15, 0.2) is 6.17 Å². The number of carbonyl (C=O) groups is 3. The normalized spacial score (nSPS) is 16.9. The standard InChI is InChI=1S/C16H16FN3O4/c17-13-5-3-11(4-6-13)14(23)16(19-9-21)20(10-22)8-12-2-1-7-24-15(12)18/h3-6,8-10,16,18H,1-2,7H2,(H,19,21)/b12-8-,18-15?. The lowest BCUT2D eigenvalue weighted by Gasteiger charge is -2.26. The largest absolute Gasteiger partial charge is 0.478 e. The van der Waals surface area contributed by atoms with E-state index in [1.165, 1.54) is 18.3 Å². The van der Waals surface area contributed by atoms with E-state index in [-0.39, 0.29) is 11.5 Å². The number of nitrogens with zero attached hydrogens (tertiary/aromatic N) is 1. The molecule has 0 radical (unpaired) electrons. The number of benzene rings is 1. The summed E-state index contributed by atoms with van der Waals surface area (Å²) in [4.78, 5) is 35.7. The van der Waals surface area contributed by atoms with Gasteiger partial charge in [-0.25, -0.2) is 4.39 Å². The van der Waals surface area contributed by atoms with Crippen LogP contribution in [0.25, 0.3) is 0 Å². The lowest BCUT2D eigenvalue weighted by atomic mass is 10.1. The van der Waals surface area contributed by atoms with Crippen LogP contribution in [0.5, 0.6) is 0 Å². The van der Waals surface area contributed by atoms with Crippen molar-refractivity contribution in [2.75, 3.05) is 6.61 Å². The number of ether oxygens (including phenoxy) is 1. The molecule has 1 saturated heterocycles. The number of halogens is 1. The van der Waals surface area contributed by atoms with E-state index in [9.17, 15) is 18.8 Å². The highest BCUT2D eigenvalue weighted by Gasteiger charge is 2.26. The average Bonchev–Trinajstić information content (AvgIpc) is 2.59. The highest BCUT2D eigenvalue weighted by molar-refractivity contribution is 6.01. The van der Waals surface area contributed by atoms with Crippen LogP contribution in [0.2, 0.25) is 0 Å². The molecule has 1 unspecified atom stereocenters. The monoisotopic (exact) mass is 333 g/mol. The third-order valence-electron chi connectivity index (χ3n) is 3.46. The van der Waals surface area contributed by atoms with Gasteiger partial charge in [0.25, 0.3) is 0 Å². The molecule has 0 bridgehead atoms. The summed E-state index contributed by atoms with van der Waals surface area (Å²) in [7, 11) is 0. The van der Waals surface area contributed by atoms with Gasteiger partial charge in [0.1, 0.15) is 5.82 Å². The molecule has 2 N–H and O–H groups in total. The molecule has 1 heterocycles. The number of ketones is 1. The van der Waals surface area contributed by atoms with Gasteiger partial charge in [0, 0.05) is 17.3 Å². The van der Waals surface area contributed by atoms with Crippen LogP contribution in [0.15, 0.2) is 36.0 Å². The van der Waals surface area contributed by atoms with Gasteiger partial charge in [-0.1, -0.05) is 0 Å². The molecule has 1 atom stereocenters. The van der Waals surface area contributed by atoms with Gasteiger partial charge in [-0.05, 0) is 37.1 Å². The fourth-order valence-corrected chi connectivity index (χ4v) is 2.25. The molecule has 0 aliphatic carbocycles. The first-order valence-corrected chi connectivity index (χ1v) is 7.21. The van der Waals surface area contributed by atoms with Crippen molar-refractivity contribution < 1.29 is 23.5 Å². The second-order valence-corrected chi connectivity index (χ2v) is 5.05. The first-order chi connectivity index (χ1) is 11.6. The summed E-state index contributed by atoms with van der Waals surface area (Å²) in [6.07, 6.45) is 1.87. The second-order valence-electron chi connectivity index (χ2n) is 5.05. The van der Waals surface area contributed by atoms with Gasteiger partial charge in [-0.15, -0.1) is 0 Å². The Bertz CT molecular complexity index is 672. The Morgan fingerprint density at radius 2 is 2.04 bits per heavy atom. The molecule has 24 heavy (non-hydrogen) atoms. The van der Waals surface area contributed by atoms with Crippen LogP contribution in [0.1, 0.15) is 23.2 Å². The first kappa shape index (κ1) is 17.3. The maximum atomic E-state index is 13.0. The molecular formula is C16H16FN3O4. The maximum absolute atomic E-state index is 13.0. The number of Topliss-reactive ketones (excluding diaryl/α,β-unsaturated/α-hetero) is 1. The molecule has 7 nitrogen and oxygen atoms in total. The quantitative estimate of drug-likeness (QED) is 0.445. The van der Waals surface area contributed by atoms with Crippen LogP contribution in [-0.4, -0.2) is 42.2 Å². The highest BCUT2D eigenvalue weighted by atomic mass is 19.1. The van der Waals surface area contributed by atoms with E-state index in [1.54, 1.807) is 0 Å². The molecule has 1 aromatic carbocycles. The lowest BCUT2D eigenvalue weighted by Crippen LogP contribution is -2.48. The fraction of sp³-hybridized carbons (Fsp3) is 0.250. The second kappa shape index (κ2) is 8.00. The van der Waals surface area contributed by atoms with E-state index in [2.05, 4.69) is 5.32 Å². The topological polar surface area (TPSA) is 99.6 Å². The predicted octanol–water partition coefficient (Wildman–Crippen LogP) is 1.21. The Kier molecular flexibility index (Phi) is 5.78. The van der Waals surface area contributed by atoms with Crippen molar-refractivity contribution in [2.24, 2.45) is 0 Å². The molecule has 0 aromatic heterocycles. The molecule has 1 aliphatic heterocycles. The van der Waals surface area contributed by atoms with Crippen molar-refractivity contribution in [1.82, 2.24) is 10.2 Å². The zero-order chi connectivity index (χ0) is 17.5. The number of hydrogen-bond donors (Lipinski definition) is 2. The van der Waals surface area contributed by atoms with Gasteiger partial charge in [-0.2, -0.15) is 0 Å². The van der Waals surface area contributed by atoms with Crippen LogP contribution in [0.3, 0.4) is 0 Å². The Labute approximate surface area is 137 Å². The van der Waals surface area contributed by atoms with Crippen molar-refractivity contribution in [3.05, 3.63) is 47.4 Å². The Hall–Kier alpha value is -3.03. The minimum absolute atomic E-state index is 0.0767. The zero-order valence-corrected chi connectivity index (χ0v) is 12.7. The molecule has 1 fully saturated rings.